The lowest BCUT2D eigenvalue weighted by Gasteiger charge is -2.25. The zero-order valence-corrected chi connectivity index (χ0v) is 15.0. The van der Waals surface area contributed by atoms with Gasteiger partial charge in [-0.2, -0.15) is 0 Å². The fraction of sp³-hybridized carbons (Fsp3) is 0.409. The van der Waals surface area contributed by atoms with E-state index in [1.165, 1.54) is 6.07 Å². The molecule has 3 atom stereocenters. The predicted octanol–water partition coefficient (Wildman–Crippen LogP) is 4.69. The SMILES string of the molecule is CCOc1ccc(C2CCCN2C(=O)C2CC2c2ccccc2F)cc1. The molecular weight excluding hydrogens is 329 g/mol. The van der Waals surface area contributed by atoms with Gasteiger partial charge in [-0.05, 0) is 61.4 Å². The van der Waals surface area contributed by atoms with Gasteiger partial charge < -0.3 is 9.64 Å². The van der Waals surface area contributed by atoms with Crippen LogP contribution < -0.4 is 4.74 Å². The van der Waals surface area contributed by atoms with E-state index < -0.39 is 0 Å². The fourth-order valence-electron chi connectivity index (χ4n) is 4.13. The number of likely N-dealkylation sites (tertiary alicyclic amines) is 1. The average Bonchev–Trinajstić information content (AvgIpc) is 3.30. The van der Waals surface area contributed by atoms with Gasteiger partial charge in [-0.25, -0.2) is 4.39 Å². The van der Waals surface area contributed by atoms with Gasteiger partial charge in [0.25, 0.3) is 0 Å². The van der Waals surface area contributed by atoms with Crippen molar-refractivity contribution in [3.63, 3.8) is 0 Å². The van der Waals surface area contributed by atoms with Crippen molar-refractivity contribution in [1.29, 1.82) is 0 Å². The van der Waals surface area contributed by atoms with Crippen LogP contribution in [0.1, 0.15) is 49.3 Å². The van der Waals surface area contributed by atoms with Crippen molar-refractivity contribution in [2.75, 3.05) is 13.2 Å². The lowest BCUT2D eigenvalue weighted by Crippen LogP contribution is -2.32. The molecule has 1 amide bonds. The van der Waals surface area contributed by atoms with E-state index in [0.29, 0.717) is 12.2 Å². The van der Waals surface area contributed by atoms with Gasteiger partial charge in [0, 0.05) is 12.5 Å². The number of benzene rings is 2. The van der Waals surface area contributed by atoms with E-state index >= 15 is 0 Å². The number of hydrogen-bond donors (Lipinski definition) is 0. The molecule has 4 heteroatoms. The molecule has 136 valence electrons. The maximum Gasteiger partial charge on any atom is 0.226 e. The van der Waals surface area contributed by atoms with Gasteiger partial charge in [0.15, 0.2) is 0 Å². The molecule has 1 saturated heterocycles. The van der Waals surface area contributed by atoms with Crippen LogP contribution in [0, 0.1) is 11.7 Å². The molecule has 3 nitrogen and oxygen atoms in total. The minimum Gasteiger partial charge on any atom is -0.494 e. The molecule has 1 heterocycles. The zero-order chi connectivity index (χ0) is 18.1. The van der Waals surface area contributed by atoms with Gasteiger partial charge >= 0.3 is 0 Å². The Labute approximate surface area is 153 Å². The second-order valence-corrected chi connectivity index (χ2v) is 7.16. The Bertz CT molecular complexity index is 789. The molecule has 0 aromatic heterocycles. The molecule has 1 saturated carbocycles. The summed E-state index contributed by atoms with van der Waals surface area (Å²) in [5.74, 6) is 0.793. The first-order chi connectivity index (χ1) is 12.7. The maximum atomic E-state index is 14.0. The monoisotopic (exact) mass is 353 g/mol. The highest BCUT2D eigenvalue weighted by atomic mass is 19.1. The van der Waals surface area contributed by atoms with Gasteiger partial charge in [-0.3, -0.25) is 4.79 Å². The number of ether oxygens (including phenoxy) is 1. The van der Waals surface area contributed by atoms with Crippen LogP contribution in [0.15, 0.2) is 48.5 Å². The molecule has 2 fully saturated rings. The lowest BCUT2D eigenvalue weighted by molar-refractivity contribution is -0.133. The number of carbonyl (C=O) groups is 1. The van der Waals surface area contributed by atoms with Crippen LogP contribution in [0.5, 0.6) is 5.75 Å². The average molecular weight is 353 g/mol. The van der Waals surface area contributed by atoms with E-state index in [2.05, 4.69) is 12.1 Å². The van der Waals surface area contributed by atoms with Crippen molar-refractivity contribution in [3.8, 4) is 5.75 Å². The molecule has 0 bridgehead atoms. The molecule has 4 rings (SSSR count). The summed E-state index contributed by atoms with van der Waals surface area (Å²) in [7, 11) is 0. The molecule has 26 heavy (non-hydrogen) atoms. The van der Waals surface area contributed by atoms with Crippen molar-refractivity contribution in [3.05, 3.63) is 65.5 Å². The Morgan fingerprint density at radius 1 is 1.19 bits per heavy atom. The van der Waals surface area contributed by atoms with Gasteiger partial charge in [0.2, 0.25) is 5.91 Å². The molecule has 1 aliphatic heterocycles. The Hall–Kier alpha value is -2.36. The Balaban J connectivity index is 1.47. The van der Waals surface area contributed by atoms with Crippen LogP contribution in [0.25, 0.3) is 0 Å². The summed E-state index contributed by atoms with van der Waals surface area (Å²) in [6.45, 7) is 3.40. The molecule has 0 spiro atoms. The third kappa shape index (κ3) is 3.20. The number of nitrogens with zero attached hydrogens (tertiary/aromatic N) is 1. The van der Waals surface area contributed by atoms with Crippen LogP contribution in [0.2, 0.25) is 0 Å². The molecule has 3 unspecified atom stereocenters. The molecule has 0 N–H and O–H groups in total. The van der Waals surface area contributed by atoms with Crippen LogP contribution >= 0.6 is 0 Å². The third-order valence-electron chi connectivity index (χ3n) is 5.52. The number of rotatable bonds is 5. The second-order valence-electron chi connectivity index (χ2n) is 7.16. The first kappa shape index (κ1) is 17.1. The first-order valence-electron chi connectivity index (χ1n) is 9.46. The fourth-order valence-corrected chi connectivity index (χ4v) is 4.13. The number of hydrogen-bond acceptors (Lipinski definition) is 2. The summed E-state index contributed by atoms with van der Waals surface area (Å²) in [5.41, 5.74) is 1.84. The molecular formula is C22H24FNO2. The smallest absolute Gasteiger partial charge is 0.226 e. The molecule has 0 radical (unpaired) electrons. The van der Waals surface area contributed by atoms with Crippen LogP contribution in [0.4, 0.5) is 4.39 Å². The Morgan fingerprint density at radius 3 is 2.69 bits per heavy atom. The molecule has 2 aliphatic rings. The minimum absolute atomic E-state index is 0.0327. The van der Waals surface area contributed by atoms with Gasteiger partial charge in [-0.1, -0.05) is 30.3 Å². The number of amides is 1. The summed E-state index contributed by atoms with van der Waals surface area (Å²) in [6.07, 6.45) is 2.75. The topological polar surface area (TPSA) is 29.5 Å². The largest absolute Gasteiger partial charge is 0.494 e. The van der Waals surface area contributed by atoms with E-state index in [0.717, 1.165) is 37.1 Å². The maximum absolute atomic E-state index is 14.0. The molecule has 1 aliphatic carbocycles. The Morgan fingerprint density at radius 2 is 1.96 bits per heavy atom. The summed E-state index contributed by atoms with van der Waals surface area (Å²) in [6, 6.07) is 15.0. The highest BCUT2D eigenvalue weighted by Gasteiger charge is 2.48. The van der Waals surface area contributed by atoms with Crippen molar-refractivity contribution in [1.82, 2.24) is 4.90 Å². The lowest BCUT2D eigenvalue weighted by atomic mass is 10.0. The summed E-state index contributed by atoms with van der Waals surface area (Å²) in [4.78, 5) is 15.0. The standard InChI is InChI=1S/C22H24FNO2/c1-2-26-16-11-9-15(10-12-16)21-8-5-13-24(21)22(25)19-14-18(19)17-6-3-4-7-20(17)23/h3-4,6-7,9-12,18-19,21H,2,5,8,13-14H2,1H3. The van der Waals surface area contributed by atoms with Crippen LogP contribution in [-0.2, 0) is 4.79 Å². The predicted molar refractivity (Wildman–Crippen MR) is 98.5 cm³/mol. The number of carbonyl (C=O) groups excluding carboxylic acids is 1. The van der Waals surface area contributed by atoms with Crippen molar-refractivity contribution in [2.45, 2.75) is 38.1 Å². The van der Waals surface area contributed by atoms with E-state index in [-0.39, 0.29) is 29.6 Å². The van der Waals surface area contributed by atoms with Crippen LogP contribution in [0.3, 0.4) is 0 Å². The second kappa shape index (κ2) is 7.10. The highest BCUT2D eigenvalue weighted by Crippen LogP contribution is 2.50. The third-order valence-corrected chi connectivity index (χ3v) is 5.52. The summed E-state index contributed by atoms with van der Waals surface area (Å²) in [5, 5.41) is 0. The molecule has 2 aromatic rings. The van der Waals surface area contributed by atoms with Gasteiger partial charge in [0.1, 0.15) is 11.6 Å². The number of halogens is 1. The zero-order valence-electron chi connectivity index (χ0n) is 15.0. The van der Waals surface area contributed by atoms with E-state index in [4.69, 9.17) is 4.74 Å². The van der Waals surface area contributed by atoms with Crippen LogP contribution in [-0.4, -0.2) is 24.0 Å². The van der Waals surface area contributed by atoms with Crippen molar-refractivity contribution >= 4 is 5.91 Å². The highest BCUT2D eigenvalue weighted by molar-refractivity contribution is 5.83. The van der Waals surface area contributed by atoms with E-state index in [1.807, 2.05) is 30.0 Å². The minimum atomic E-state index is -0.197. The normalized spacial score (nSPS) is 24.5. The van der Waals surface area contributed by atoms with E-state index in [1.54, 1.807) is 12.1 Å². The quantitative estimate of drug-likeness (QED) is 0.780. The first-order valence-corrected chi connectivity index (χ1v) is 9.46. The molecule has 2 aromatic carbocycles. The summed E-state index contributed by atoms with van der Waals surface area (Å²) < 4.78 is 19.5. The van der Waals surface area contributed by atoms with Gasteiger partial charge in [-0.15, -0.1) is 0 Å². The van der Waals surface area contributed by atoms with Gasteiger partial charge in [0.05, 0.1) is 12.6 Å². The van der Waals surface area contributed by atoms with E-state index in [9.17, 15) is 9.18 Å². The Kier molecular flexibility index (Phi) is 4.66. The van der Waals surface area contributed by atoms with Crippen molar-refractivity contribution < 1.29 is 13.9 Å². The summed E-state index contributed by atoms with van der Waals surface area (Å²) >= 11 is 0. The van der Waals surface area contributed by atoms with Crippen molar-refractivity contribution in [2.24, 2.45) is 5.92 Å².